The average Bonchev–Trinajstić information content (AvgIpc) is 2.66. The molecule has 86 valence electrons. The largest absolute Gasteiger partial charge is 0.488 e. The minimum absolute atomic E-state index is 0.337. The molecule has 0 aliphatic carbocycles. The summed E-state index contributed by atoms with van der Waals surface area (Å²) < 4.78 is 5.60. The van der Waals surface area contributed by atoms with Crippen LogP contribution in [0.25, 0.3) is 0 Å². The SMILES string of the molecule is O=C(O)C1CNCC1Oc1cccc(Cl)c1. The van der Waals surface area contributed by atoms with Gasteiger partial charge in [0.1, 0.15) is 17.8 Å². The van der Waals surface area contributed by atoms with Crippen LogP contribution >= 0.6 is 11.6 Å². The summed E-state index contributed by atoms with van der Waals surface area (Å²) in [5, 5.41) is 12.5. The second kappa shape index (κ2) is 4.72. The van der Waals surface area contributed by atoms with Gasteiger partial charge in [0, 0.05) is 18.1 Å². The van der Waals surface area contributed by atoms with Crippen molar-refractivity contribution in [2.75, 3.05) is 13.1 Å². The molecular formula is C11H12ClNO3. The third kappa shape index (κ3) is 2.46. The zero-order chi connectivity index (χ0) is 11.5. The highest BCUT2D eigenvalue weighted by molar-refractivity contribution is 6.30. The standard InChI is InChI=1S/C11H12ClNO3/c12-7-2-1-3-8(4-7)16-10-6-13-5-9(10)11(14)15/h1-4,9-10,13H,5-6H2,(H,14,15). The van der Waals surface area contributed by atoms with E-state index in [1.54, 1.807) is 24.3 Å². The van der Waals surface area contributed by atoms with E-state index < -0.39 is 11.9 Å². The first-order valence-corrected chi connectivity index (χ1v) is 5.40. The van der Waals surface area contributed by atoms with Crippen LogP contribution in [-0.2, 0) is 4.79 Å². The third-order valence-electron chi connectivity index (χ3n) is 2.56. The van der Waals surface area contributed by atoms with Crippen LogP contribution in [-0.4, -0.2) is 30.3 Å². The first-order valence-electron chi connectivity index (χ1n) is 5.02. The van der Waals surface area contributed by atoms with Crippen molar-refractivity contribution >= 4 is 17.6 Å². The van der Waals surface area contributed by atoms with Gasteiger partial charge >= 0.3 is 5.97 Å². The highest BCUT2D eigenvalue weighted by Gasteiger charge is 2.34. The molecule has 2 atom stereocenters. The maximum absolute atomic E-state index is 10.9. The maximum atomic E-state index is 10.9. The van der Waals surface area contributed by atoms with E-state index in [-0.39, 0.29) is 6.10 Å². The van der Waals surface area contributed by atoms with E-state index >= 15 is 0 Å². The van der Waals surface area contributed by atoms with Gasteiger partial charge in [-0.3, -0.25) is 4.79 Å². The van der Waals surface area contributed by atoms with Crippen LogP contribution in [0, 0.1) is 5.92 Å². The smallest absolute Gasteiger partial charge is 0.311 e. The molecule has 1 aliphatic rings. The molecule has 5 heteroatoms. The number of carbonyl (C=O) groups is 1. The highest BCUT2D eigenvalue weighted by atomic mass is 35.5. The van der Waals surface area contributed by atoms with Crippen LogP contribution in [0.1, 0.15) is 0 Å². The molecule has 0 amide bonds. The van der Waals surface area contributed by atoms with Gasteiger partial charge in [-0.25, -0.2) is 0 Å². The number of nitrogens with one attached hydrogen (secondary N) is 1. The average molecular weight is 242 g/mol. The lowest BCUT2D eigenvalue weighted by atomic mass is 10.1. The van der Waals surface area contributed by atoms with Gasteiger partial charge < -0.3 is 15.2 Å². The lowest BCUT2D eigenvalue weighted by molar-refractivity contribution is -0.143. The normalized spacial score (nSPS) is 24.3. The predicted octanol–water partition coefficient (Wildman–Crippen LogP) is 1.39. The minimum Gasteiger partial charge on any atom is -0.488 e. The first kappa shape index (κ1) is 11.2. The summed E-state index contributed by atoms with van der Waals surface area (Å²) in [4.78, 5) is 10.9. The number of hydrogen-bond acceptors (Lipinski definition) is 3. The number of hydrogen-bond donors (Lipinski definition) is 2. The summed E-state index contributed by atoms with van der Waals surface area (Å²) >= 11 is 5.82. The molecule has 0 aromatic heterocycles. The summed E-state index contributed by atoms with van der Waals surface area (Å²) in [5.74, 6) is -0.733. The summed E-state index contributed by atoms with van der Waals surface area (Å²) in [6.45, 7) is 0.990. The number of carboxylic acids is 1. The Kier molecular flexibility index (Phi) is 3.31. The van der Waals surface area contributed by atoms with Crippen molar-refractivity contribution in [3.05, 3.63) is 29.3 Å². The third-order valence-corrected chi connectivity index (χ3v) is 2.79. The van der Waals surface area contributed by atoms with Gasteiger partial charge in [-0.2, -0.15) is 0 Å². The fourth-order valence-corrected chi connectivity index (χ4v) is 1.92. The first-order chi connectivity index (χ1) is 7.66. The van der Waals surface area contributed by atoms with Gasteiger partial charge in [-0.05, 0) is 18.2 Å². The van der Waals surface area contributed by atoms with Crippen molar-refractivity contribution in [2.24, 2.45) is 5.92 Å². The van der Waals surface area contributed by atoms with E-state index in [1.165, 1.54) is 0 Å². The van der Waals surface area contributed by atoms with Crippen molar-refractivity contribution in [3.8, 4) is 5.75 Å². The fraction of sp³-hybridized carbons (Fsp3) is 0.364. The van der Waals surface area contributed by atoms with E-state index in [0.717, 1.165) is 0 Å². The zero-order valence-corrected chi connectivity index (χ0v) is 9.28. The Morgan fingerprint density at radius 2 is 2.31 bits per heavy atom. The Balaban J connectivity index is 2.06. The molecule has 1 aliphatic heterocycles. The molecule has 4 nitrogen and oxygen atoms in total. The summed E-state index contributed by atoms with van der Waals surface area (Å²) in [5.41, 5.74) is 0. The van der Waals surface area contributed by atoms with Crippen LogP contribution in [0.15, 0.2) is 24.3 Å². The summed E-state index contributed by atoms with van der Waals surface area (Å²) in [7, 11) is 0. The Labute approximate surface area is 98.2 Å². The monoisotopic (exact) mass is 241 g/mol. The Bertz CT molecular complexity index is 397. The highest BCUT2D eigenvalue weighted by Crippen LogP contribution is 2.22. The molecule has 2 N–H and O–H groups in total. The fourth-order valence-electron chi connectivity index (χ4n) is 1.74. The molecule has 1 aromatic carbocycles. The molecule has 0 spiro atoms. The molecule has 1 saturated heterocycles. The summed E-state index contributed by atoms with van der Waals surface area (Å²) in [6, 6.07) is 6.97. The van der Waals surface area contributed by atoms with Crippen LogP contribution in [0.4, 0.5) is 0 Å². The van der Waals surface area contributed by atoms with Crippen molar-refractivity contribution in [1.82, 2.24) is 5.32 Å². The molecule has 0 bridgehead atoms. The van der Waals surface area contributed by atoms with Gasteiger partial charge in [0.25, 0.3) is 0 Å². The molecular weight excluding hydrogens is 230 g/mol. The van der Waals surface area contributed by atoms with Gasteiger partial charge in [-0.15, -0.1) is 0 Å². The van der Waals surface area contributed by atoms with Gasteiger partial charge in [0.15, 0.2) is 0 Å². The Morgan fingerprint density at radius 1 is 1.50 bits per heavy atom. The number of rotatable bonds is 3. The van der Waals surface area contributed by atoms with Crippen molar-refractivity contribution in [1.29, 1.82) is 0 Å². The number of aliphatic carboxylic acids is 1. The Morgan fingerprint density at radius 3 is 3.00 bits per heavy atom. The predicted molar refractivity (Wildman–Crippen MR) is 59.9 cm³/mol. The molecule has 2 unspecified atom stereocenters. The van der Waals surface area contributed by atoms with Gasteiger partial charge in [-0.1, -0.05) is 17.7 Å². The van der Waals surface area contributed by atoms with Crippen LogP contribution in [0.5, 0.6) is 5.75 Å². The molecule has 0 saturated carbocycles. The Hall–Kier alpha value is -1.26. The van der Waals surface area contributed by atoms with E-state index in [9.17, 15) is 4.79 Å². The summed E-state index contributed by atoms with van der Waals surface area (Å²) in [6.07, 6.45) is -0.337. The van der Waals surface area contributed by atoms with Gasteiger partial charge in [0.2, 0.25) is 0 Å². The number of halogens is 1. The molecule has 1 aromatic rings. The molecule has 16 heavy (non-hydrogen) atoms. The van der Waals surface area contributed by atoms with E-state index in [4.69, 9.17) is 21.4 Å². The van der Waals surface area contributed by atoms with Gasteiger partial charge in [0.05, 0.1) is 0 Å². The van der Waals surface area contributed by atoms with E-state index in [2.05, 4.69) is 5.32 Å². The number of ether oxygens (including phenoxy) is 1. The van der Waals surface area contributed by atoms with Crippen molar-refractivity contribution < 1.29 is 14.6 Å². The van der Waals surface area contributed by atoms with Crippen LogP contribution < -0.4 is 10.1 Å². The molecule has 2 rings (SSSR count). The number of benzene rings is 1. The van der Waals surface area contributed by atoms with Crippen LogP contribution in [0.2, 0.25) is 5.02 Å². The lowest BCUT2D eigenvalue weighted by Crippen LogP contribution is -2.31. The zero-order valence-electron chi connectivity index (χ0n) is 8.52. The van der Waals surface area contributed by atoms with Crippen LogP contribution in [0.3, 0.4) is 0 Å². The maximum Gasteiger partial charge on any atom is 0.311 e. The molecule has 1 heterocycles. The molecule has 1 fully saturated rings. The second-order valence-electron chi connectivity index (χ2n) is 3.72. The minimum atomic E-state index is -0.836. The second-order valence-corrected chi connectivity index (χ2v) is 4.15. The van der Waals surface area contributed by atoms with Crippen molar-refractivity contribution in [2.45, 2.75) is 6.10 Å². The number of carboxylic acid groups (broad SMARTS) is 1. The van der Waals surface area contributed by atoms with E-state index in [0.29, 0.717) is 23.9 Å². The lowest BCUT2D eigenvalue weighted by Gasteiger charge is -2.17. The van der Waals surface area contributed by atoms with E-state index in [1.807, 2.05) is 0 Å². The quantitative estimate of drug-likeness (QED) is 0.840. The molecule has 0 radical (unpaired) electrons. The van der Waals surface area contributed by atoms with Crippen molar-refractivity contribution in [3.63, 3.8) is 0 Å². The topological polar surface area (TPSA) is 58.6 Å².